The first kappa shape index (κ1) is 11.5. The number of hydrogen-bond donors (Lipinski definition) is 1. The normalized spacial score (nSPS) is 10.4. The third kappa shape index (κ3) is 2.63. The number of aryl methyl sites for hydroxylation is 1. The van der Waals surface area contributed by atoms with E-state index in [0.717, 1.165) is 11.4 Å². The van der Waals surface area contributed by atoms with Gasteiger partial charge in [0.15, 0.2) is 0 Å². The number of nitrogens with one attached hydrogen (secondary N) is 1. The molecule has 0 bridgehead atoms. The molecule has 1 aromatic heterocycles. The van der Waals surface area contributed by atoms with Gasteiger partial charge in [0.25, 0.3) is 0 Å². The Hall–Kier alpha value is -2.62. The van der Waals surface area contributed by atoms with E-state index < -0.39 is 0 Å². The number of hydrogen-bond acceptors (Lipinski definition) is 3. The highest BCUT2D eigenvalue weighted by atomic mass is 15.4. The number of aromatic nitrogens is 3. The summed E-state index contributed by atoms with van der Waals surface area (Å²) < 4.78 is 1.75. The number of benzene rings is 2. The van der Waals surface area contributed by atoms with E-state index in [-0.39, 0.29) is 0 Å². The fourth-order valence-corrected chi connectivity index (χ4v) is 1.88. The van der Waals surface area contributed by atoms with E-state index in [1.54, 1.807) is 11.0 Å². The van der Waals surface area contributed by atoms with Crippen molar-refractivity contribution in [1.29, 1.82) is 0 Å². The number of anilines is 2. The first-order valence-electron chi connectivity index (χ1n) is 6.12. The van der Waals surface area contributed by atoms with Crippen molar-refractivity contribution in [3.63, 3.8) is 0 Å². The zero-order valence-corrected chi connectivity index (χ0v) is 10.6. The lowest BCUT2D eigenvalue weighted by Gasteiger charge is -2.02. The maximum atomic E-state index is 4.40. The first-order chi connectivity index (χ1) is 9.31. The average molecular weight is 250 g/mol. The average Bonchev–Trinajstić information content (AvgIpc) is 2.88. The van der Waals surface area contributed by atoms with Gasteiger partial charge in [-0.25, -0.2) is 4.68 Å². The summed E-state index contributed by atoms with van der Waals surface area (Å²) in [4.78, 5) is 4.26. The summed E-state index contributed by atoms with van der Waals surface area (Å²) >= 11 is 0. The van der Waals surface area contributed by atoms with Crippen LogP contribution in [-0.4, -0.2) is 14.8 Å². The van der Waals surface area contributed by atoms with E-state index in [2.05, 4.69) is 34.5 Å². The van der Waals surface area contributed by atoms with Crippen LogP contribution in [0.3, 0.4) is 0 Å². The van der Waals surface area contributed by atoms with Crippen LogP contribution in [0.25, 0.3) is 5.69 Å². The third-order valence-corrected chi connectivity index (χ3v) is 2.79. The van der Waals surface area contributed by atoms with Crippen LogP contribution in [0.2, 0.25) is 0 Å². The molecule has 1 heterocycles. The zero-order chi connectivity index (χ0) is 13.1. The smallest absolute Gasteiger partial charge is 0.246 e. The van der Waals surface area contributed by atoms with Crippen molar-refractivity contribution in [2.75, 3.05) is 5.32 Å². The highest BCUT2D eigenvalue weighted by Crippen LogP contribution is 2.15. The van der Waals surface area contributed by atoms with E-state index >= 15 is 0 Å². The van der Waals surface area contributed by atoms with Crippen LogP contribution in [-0.2, 0) is 0 Å². The minimum atomic E-state index is 0.592. The lowest BCUT2D eigenvalue weighted by Crippen LogP contribution is -1.97. The highest BCUT2D eigenvalue weighted by molar-refractivity contribution is 5.54. The van der Waals surface area contributed by atoms with Gasteiger partial charge in [-0.1, -0.05) is 30.3 Å². The Balaban J connectivity index is 1.82. The summed E-state index contributed by atoms with van der Waals surface area (Å²) in [5.74, 6) is 0.592. The molecule has 0 spiro atoms. The zero-order valence-electron chi connectivity index (χ0n) is 10.6. The van der Waals surface area contributed by atoms with Crippen LogP contribution in [0.1, 0.15) is 5.56 Å². The van der Waals surface area contributed by atoms with Gasteiger partial charge >= 0.3 is 0 Å². The Labute approximate surface area is 111 Å². The monoisotopic (exact) mass is 250 g/mol. The largest absolute Gasteiger partial charge is 0.323 e. The third-order valence-electron chi connectivity index (χ3n) is 2.79. The van der Waals surface area contributed by atoms with Gasteiger partial charge < -0.3 is 5.32 Å². The van der Waals surface area contributed by atoms with Crippen molar-refractivity contribution in [3.8, 4) is 5.69 Å². The second kappa shape index (κ2) is 4.94. The Bertz CT molecular complexity index is 673. The molecule has 3 aromatic rings. The van der Waals surface area contributed by atoms with Crippen molar-refractivity contribution in [1.82, 2.24) is 14.8 Å². The molecule has 0 aliphatic rings. The molecule has 0 unspecified atom stereocenters. The number of rotatable bonds is 3. The van der Waals surface area contributed by atoms with Crippen LogP contribution in [0.15, 0.2) is 60.9 Å². The van der Waals surface area contributed by atoms with Crippen LogP contribution < -0.4 is 5.32 Å². The van der Waals surface area contributed by atoms with Crippen molar-refractivity contribution in [2.24, 2.45) is 0 Å². The molecule has 4 heteroatoms. The van der Waals surface area contributed by atoms with Gasteiger partial charge in [0.1, 0.15) is 6.33 Å². The summed E-state index contributed by atoms with van der Waals surface area (Å²) in [6.07, 6.45) is 1.70. The van der Waals surface area contributed by atoms with Gasteiger partial charge in [-0.3, -0.25) is 0 Å². The quantitative estimate of drug-likeness (QED) is 0.775. The van der Waals surface area contributed by atoms with Crippen LogP contribution >= 0.6 is 0 Å². The molecule has 0 radical (unpaired) electrons. The van der Waals surface area contributed by atoms with Gasteiger partial charge in [-0.05, 0) is 36.8 Å². The minimum absolute atomic E-state index is 0.592. The van der Waals surface area contributed by atoms with E-state index in [9.17, 15) is 0 Å². The molecular formula is C15H14N4. The Morgan fingerprint density at radius 2 is 1.84 bits per heavy atom. The molecule has 0 atom stereocenters. The molecule has 19 heavy (non-hydrogen) atoms. The van der Waals surface area contributed by atoms with Crippen molar-refractivity contribution >= 4 is 11.6 Å². The standard InChI is InChI=1S/C15H14N4/c1-12-6-5-7-13(10-12)17-15-16-11-19(18-15)14-8-3-2-4-9-14/h2-11H,1H3,(H,17,18). The minimum Gasteiger partial charge on any atom is -0.323 e. The van der Waals surface area contributed by atoms with Crippen molar-refractivity contribution < 1.29 is 0 Å². The Kier molecular flexibility index (Phi) is 2.98. The molecule has 1 N–H and O–H groups in total. The second-order valence-corrected chi connectivity index (χ2v) is 4.34. The number of para-hydroxylation sites is 1. The van der Waals surface area contributed by atoms with Gasteiger partial charge in [-0.2, -0.15) is 4.98 Å². The summed E-state index contributed by atoms with van der Waals surface area (Å²) in [6.45, 7) is 2.06. The molecule has 4 nitrogen and oxygen atoms in total. The summed E-state index contributed by atoms with van der Waals surface area (Å²) in [6, 6.07) is 18.0. The predicted molar refractivity (Wildman–Crippen MR) is 75.8 cm³/mol. The number of nitrogens with zero attached hydrogens (tertiary/aromatic N) is 3. The summed E-state index contributed by atoms with van der Waals surface area (Å²) in [5.41, 5.74) is 3.19. The van der Waals surface area contributed by atoms with E-state index in [4.69, 9.17) is 0 Å². The van der Waals surface area contributed by atoms with Crippen LogP contribution in [0, 0.1) is 6.92 Å². The van der Waals surface area contributed by atoms with Crippen molar-refractivity contribution in [2.45, 2.75) is 6.92 Å². The van der Waals surface area contributed by atoms with Crippen LogP contribution in [0.4, 0.5) is 11.6 Å². The van der Waals surface area contributed by atoms with Crippen molar-refractivity contribution in [3.05, 3.63) is 66.5 Å². The molecular weight excluding hydrogens is 236 g/mol. The van der Waals surface area contributed by atoms with Gasteiger partial charge in [0.2, 0.25) is 5.95 Å². The van der Waals surface area contributed by atoms with Gasteiger partial charge in [0, 0.05) is 5.69 Å². The molecule has 0 fully saturated rings. The Morgan fingerprint density at radius 1 is 1.00 bits per heavy atom. The molecule has 94 valence electrons. The molecule has 0 aliphatic carbocycles. The maximum Gasteiger partial charge on any atom is 0.246 e. The SMILES string of the molecule is Cc1cccc(Nc2ncn(-c3ccccc3)n2)c1. The lowest BCUT2D eigenvalue weighted by atomic mass is 10.2. The fourth-order valence-electron chi connectivity index (χ4n) is 1.88. The fraction of sp³-hybridized carbons (Fsp3) is 0.0667. The molecule has 0 aliphatic heterocycles. The molecule has 0 saturated carbocycles. The highest BCUT2D eigenvalue weighted by Gasteiger charge is 2.02. The second-order valence-electron chi connectivity index (χ2n) is 4.34. The summed E-state index contributed by atoms with van der Waals surface area (Å²) in [5, 5.41) is 7.59. The van der Waals surface area contributed by atoms with E-state index in [1.165, 1.54) is 5.56 Å². The predicted octanol–water partition coefficient (Wildman–Crippen LogP) is 3.32. The molecule has 0 saturated heterocycles. The van der Waals surface area contributed by atoms with Gasteiger partial charge in [-0.15, -0.1) is 5.10 Å². The Morgan fingerprint density at radius 3 is 2.63 bits per heavy atom. The summed E-state index contributed by atoms with van der Waals surface area (Å²) in [7, 11) is 0. The maximum absolute atomic E-state index is 4.40. The van der Waals surface area contributed by atoms with E-state index in [1.807, 2.05) is 42.5 Å². The molecule has 2 aromatic carbocycles. The van der Waals surface area contributed by atoms with E-state index in [0.29, 0.717) is 5.95 Å². The van der Waals surface area contributed by atoms with Gasteiger partial charge in [0.05, 0.1) is 5.69 Å². The topological polar surface area (TPSA) is 42.7 Å². The first-order valence-corrected chi connectivity index (χ1v) is 6.12. The molecule has 0 amide bonds. The molecule has 3 rings (SSSR count). The lowest BCUT2D eigenvalue weighted by molar-refractivity contribution is 0.882. The van der Waals surface area contributed by atoms with Crippen LogP contribution in [0.5, 0.6) is 0 Å².